The highest BCUT2D eigenvalue weighted by atomic mass is 19.4. The minimum atomic E-state index is -4.32. The summed E-state index contributed by atoms with van der Waals surface area (Å²) in [7, 11) is 2.00. The molecule has 1 N–H and O–H groups in total. The maximum absolute atomic E-state index is 12.6. The Morgan fingerprint density at radius 2 is 1.76 bits per heavy atom. The number of anilines is 3. The van der Waals surface area contributed by atoms with Crippen LogP contribution in [0.3, 0.4) is 0 Å². The van der Waals surface area contributed by atoms with Gasteiger partial charge in [-0.05, 0) is 43.2 Å². The number of nitrogens with one attached hydrogen (secondary N) is 1. The molecule has 7 heteroatoms. The van der Waals surface area contributed by atoms with Gasteiger partial charge in [0.25, 0.3) is 0 Å². The van der Waals surface area contributed by atoms with E-state index in [2.05, 4.69) is 15.2 Å². The summed E-state index contributed by atoms with van der Waals surface area (Å²) in [5, 5.41) is 3.12. The van der Waals surface area contributed by atoms with Gasteiger partial charge >= 0.3 is 6.18 Å². The predicted octanol–water partition coefficient (Wildman–Crippen LogP) is 4.46. The Kier molecular flexibility index (Phi) is 5.13. The summed E-state index contributed by atoms with van der Waals surface area (Å²) >= 11 is 0. The molecular weight excluding hydrogens is 331 g/mol. The van der Waals surface area contributed by atoms with E-state index in [-0.39, 0.29) is 0 Å². The lowest BCUT2D eigenvalue weighted by molar-refractivity contribution is -0.137. The van der Waals surface area contributed by atoms with Gasteiger partial charge in [-0.1, -0.05) is 0 Å². The Morgan fingerprint density at radius 1 is 1.08 bits per heavy atom. The molecule has 134 valence electrons. The summed E-state index contributed by atoms with van der Waals surface area (Å²) in [6.45, 7) is 1.50. The van der Waals surface area contributed by atoms with E-state index in [4.69, 9.17) is 4.74 Å². The van der Waals surface area contributed by atoms with Crippen LogP contribution >= 0.6 is 0 Å². The minimum absolute atomic E-state index is 0.377. The average molecular weight is 351 g/mol. The molecule has 0 spiro atoms. The lowest BCUT2D eigenvalue weighted by Crippen LogP contribution is -2.37. The van der Waals surface area contributed by atoms with Crippen LogP contribution in [0.15, 0.2) is 42.6 Å². The SMILES string of the molecule is CN(c1cc(Nc2ccc(C(F)(F)F)cc2)ccn1)C1CCOCC1. The van der Waals surface area contributed by atoms with Gasteiger partial charge in [-0.3, -0.25) is 0 Å². The molecule has 0 aliphatic carbocycles. The second-order valence-corrected chi connectivity index (χ2v) is 6.06. The number of benzene rings is 1. The highest BCUT2D eigenvalue weighted by molar-refractivity contribution is 5.63. The van der Waals surface area contributed by atoms with Crippen molar-refractivity contribution in [2.45, 2.75) is 25.1 Å². The van der Waals surface area contributed by atoms with Crippen molar-refractivity contribution in [1.29, 1.82) is 0 Å². The smallest absolute Gasteiger partial charge is 0.381 e. The second-order valence-electron chi connectivity index (χ2n) is 6.06. The standard InChI is InChI=1S/C18H20F3N3O/c1-24(16-7-10-25-11-8-16)17-12-15(6-9-22-17)23-14-4-2-13(3-5-14)18(19,20)21/h2-6,9,12,16H,7-8,10-11H2,1H3,(H,22,23). The van der Waals surface area contributed by atoms with Crippen molar-refractivity contribution in [2.24, 2.45) is 0 Å². The number of pyridine rings is 1. The van der Waals surface area contributed by atoms with Gasteiger partial charge in [0.1, 0.15) is 5.82 Å². The highest BCUT2D eigenvalue weighted by Crippen LogP contribution is 2.30. The first-order chi connectivity index (χ1) is 11.9. The molecule has 0 unspecified atom stereocenters. The zero-order chi connectivity index (χ0) is 17.9. The highest BCUT2D eigenvalue weighted by Gasteiger charge is 2.29. The van der Waals surface area contributed by atoms with Crippen molar-refractivity contribution in [3.8, 4) is 0 Å². The number of hydrogen-bond donors (Lipinski definition) is 1. The number of ether oxygens (including phenoxy) is 1. The summed E-state index contributed by atoms with van der Waals surface area (Å²) in [5.74, 6) is 0.823. The third-order valence-corrected chi connectivity index (χ3v) is 4.35. The van der Waals surface area contributed by atoms with Crippen LogP contribution in [0.5, 0.6) is 0 Å². The Balaban J connectivity index is 1.71. The zero-order valence-electron chi connectivity index (χ0n) is 13.9. The fourth-order valence-electron chi connectivity index (χ4n) is 2.86. The van der Waals surface area contributed by atoms with E-state index in [1.165, 1.54) is 12.1 Å². The molecule has 1 aliphatic heterocycles. The Labute approximate surface area is 144 Å². The first kappa shape index (κ1) is 17.5. The van der Waals surface area contributed by atoms with Crippen molar-refractivity contribution in [2.75, 3.05) is 30.5 Å². The van der Waals surface area contributed by atoms with Gasteiger partial charge < -0.3 is 15.0 Å². The molecule has 1 aromatic heterocycles. The number of nitrogens with zero attached hydrogens (tertiary/aromatic N) is 2. The van der Waals surface area contributed by atoms with Crippen LogP contribution in [0.4, 0.5) is 30.4 Å². The lowest BCUT2D eigenvalue weighted by atomic mass is 10.1. The average Bonchev–Trinajstić information content (AvgIpc) is 2.62. The van der Waals surface area contributed by atoms with Crippen LogP contribution in [0.1, 0.15) is 18.4 Å². The summed E-state index contributed by atoms with van der Waals surface area (Å²) in [6.07, 6.45) is -0.726. The molecule has 0 bridgehead atoms. The molecule has 25 heavy (non-hydrogen) atoms. The molecule has 1 aliphatic rings. The van der Waals surface area contributed by atoms with E-state index in [0.29, 0.717) is 11.7 Å². The van der Waals surface area contributed by atoms with Crippen LogP contribution in [0.25, 0.3) is 0 Å². The van der Waals surface area contributed by atoms with Crippen LogP contribution in [0, 0.1) is 0 Å². The minimum Gasteiger partial charge on any atom is -0.381 e. The first-order valence-corrected chi connectivity index (χ1v) is 8.14. The number of halogens is 3. The molecule has 1 saturated heterocycles. The summed E-state index contributed by atoms with van der Waals surface area (Å²) < 4.78 is 43.2. The first-order valence-electron chi connectivity index (χ1n) is 8.14. The van der Waals surface area contributed by atoms with Gasteiger partial charge in [-0.15, -0.1) is 0 Å². The number of hydrogen-bond acceptors (Lipinski definition) is 4. The Hall–Kier alpha value is -2.28. The van der Waals surface area contributed by atoms with Gasteiger partial charge in [0.05, 0.1) is 5.56 Å². The van der Waals surface area contributed by atoms with E-state index in [0.717, 1.165) is 49.7 Å². The van der Waals surface area contributed by atoms with Crippen molar-refractivity contribution in [3.05, 3.63) is 48.2 Å². The fourth-order valence-corrected chi connectivity index (χ4v) is 2.86. The third kappa shape index (κ3) is 4.42. The van der Waals surface area contributed by atoms with Crippen LogP contribution in [-0.4, -0.2) is 31.3 Å². The molecule has 2 aromatic rings. The lowest BCUT2D eigenvalue weighted by Gasteiger charge is -2.32. The molecule has 0 saturated carbocycles. The Morgan fingerprint density at radius 3 is 2.40 bits per heavy atom. The predicted molar refractivity (Wildman–Crippen MR) is 91.2 cm³/mol. The molecule has 4 nitrogen and oxygen atoms in total. The van der Waals surface area contributed by atoms with Crippen molar-refractivity contribution >= 4 is 17.2 Å². The van der Waals surface area contributed by atoms with Crippen LogP contribution < -0.4 is 10.2 Å². The maximum atomic E-state index is 12.6. The summed E-state index contributed by atoms with van der Waals surface area (Å²) in [5.41, 5.74) is 0.718. The topological polar surface area (TPSA) is 37.4 Å². The number of rotatable bonds is 4. The Bertz CT molecular complexity index is 697. The van der Waals surface area contributed by atoms with Crippen LogP contribution in [0.2, 0.25) is 0 Å². The molecule has 3 rings (SSSR count). The summed E-state index contributed by atoms with van der Waals surface area (Å²) in [4.78, 5) is 6.52. The molecule has 0 atom stereocenters. The number of alkyl halides is 3. The van der Waals surface area contributed by atoms with Crippen molar-refractivity contribution in [1.82, 2.24) is 4.98 Å². The third-order valence-electron chi connectivity index (χ3n) is 4.35. The van der Waals surface area contributed by atoms with E-state index in [1.807, 2.05) is 13.1 Å². The number of aromatic nitrogens is 1. The quantitative estimate of drug-likeness (QED) is 0.883. The van der Waals surface area contributed by atoms with Crippen LogP contribution in [-0.2, 0) is 10.9 Å². The second kappa shape index (κ2) is 7.31. The molecule has 0 radical (unpaired) electrons. The van der Waals surface area contributed by atoms with Crippen molar-refractivity contribution < 1.29 is 17.9 Å². The largest absolute Gasteiger partial charge is 0.416 e. The normalized spacial score (nSPS) is 15.8. The molecule has 1 fully saturated rings. The zero-order valence-corrected chi connectivity index (χ0v) is 13.9. The maximum Gasteiger partial charge on any atom is 0.416 e. The fraction of sp³-hybridized carbons (Fsp3) is 0.389. The van der Waals surface area contributed by atoms with Gasteiger partial charge in [0, 0.05) is 49.9 Å². The molecule has 1 aromatic carbocycles. The van der Waals surface area contributed by atoms with Gasteiger partial charge in [-0.2, -0.15) is 13.2 Å². The summed E-state index contributed by atoms with van der Waals surface area (Å²) in [6, 6.07) is 9.04. The molecular formula is C18H20F3N3O. The molecule has 2 heterocycles. The van der Waals surface area contributed by atoms with E-state index in [9.17, 15) is 13.2 Å². The van der Waals surface area contributed by atoms with Gasteiger partial charge in [-0.25, -0.2) is 4.98 Å². The van der Waals surface area contributed by atoms with Gasteiger partial charge in [0.15, 0.2) is 0 Å². The van der Waals surface area contributed by atoms with Crippen molar-refractivity contribution in [3.63, 3.8) is 0 Å². The van der Waals surface area contributed by atoms with E-state index >= 15 is 0 Å². The van der Waals surface area contributed by atoms with Gasteiger partial charge in [0.2, 0.25) is 0 Å². The monoisotopic (exact) mass is 351 g/mol. The molecule has 0 amide bonds. The van der Waals surface area contributed by atoms with E-state index < -0.39 is 11.7 Å². The van der Waals surface area contributed by atoms with E-state index in [1.54, 1.807) is 12.3 Å².